The Labute approximate surface area is 134 Å². The van der Waals surface area contributed by atoms with Gasteiger partial charge in [0.1, 0.15) is 11.3 Å². The van der Waals surface area contributed by atoms with Crippen LogP contribution in [-0.2, 0) is 9.53 Å². The van der Waals surface area contributed by atoms with Crippen molar-refractivity contribution in [2.24, 2.45) is 4.99 Å². The van der Waals surface area contributed by atoms with Crippen LogP contribution in [0.3, 0.4) is 0 Å². The molecular formula is C19H17NO3. The van der Waals surface area contributed by atoms with Crippen LogP contribution in [0.2, 0.25) is 0 Å². The Hall–Kier alpha value is -2.88. The zero-order chi connectivity index (χ0) is 16.4. The normalized spacial score (nSPS) is 16.1. The van der Waals surface area contributed by atoms with Crippen molar-refractivity contribution in [2.45, 2.75) is 13.8 Å². The molecule has 1 aliphatic rings. The molecule has 1 aliphatic heterocycles. The standard InChI is InChI=1S/C19H17NO3/c1-3-23-19(22)17-12(2)20-16(18(17)21)11-14-9-6-8-13-7-4-5-10-15(13)14/h4-11,21H,3H2,1-2H3/b16-11+. The van der Waals surface area contributed by atoms with Crippen LogP contribution in [0.15, 0.2) is 64.5 Å². The Kier molecular flexibility index (Phi) is 3.98. The quantitative estimate of drug-likeness (QED) is 0.871. The van der Waals surface area contributed by atoms with Gasteiger partial charge in [0.25, 0.3) is 0 Å². The first kappa shape index (κ1) is 15.0. The summed E-state index contributed by atoms with van der Waals surface area (Å²) in [5.41, 5.74) is 1.92. The molecule has 0 aromatic heterocycles. The van der Waals surface area contributed by atoms with E-state index in [0.717, 1.165) is 16.3 Å². The van der Waals surface area contributed by atoms with Crippen molar-refractivity contribution in [1.82, 2.24) is 0 Å². The highest BCUT2D eigenvalue weighted by atomic mass is 16.5. The van der Waals surface area contributed by atoms with E-state index in [2.05, 4.69) is 4.99 Å². The third kappa shape index (κ3) is 2.75. The number of aliphatic hydroxyl groups is 1. The Morgan fingerprint density at radius 2 is 1.96 bits per heavy atom. The number of ether oxygens (including phenoxy) is 1. The van der Waals surface area contributed by atoms with Crippen molar-refractivity contribution >= 4 is 28.5 Å². The Bertz CT molecular complexity index is 870. The van der Waals surface area contributed by atoms with Crippen LogP contribution in [0.1, 0.15) is 19.4 Å². The Morgan fingerprint density at radius 3 is 2.74 bits per heavy atom. The zero-order valence-corrected chi connectivity index (χ0v) is 13.0. The molecule has 4 nitrogen and oxygen atoms in total. The molecule has 0 fully saturated rings. The van der Waals surface area contributed by atoms with Gasteiger partial charge in [0.05, 0.1) is 12.3 Å². The lowest BCUT2D eigenvalue weighted by atomic mass is 10.0. The molecule has 0 amide bonds. The number of hydrogen-bond acceptors (Lipinski definition) is 4. The number of aliphatic hydroxyl groups excluding tert-OH is 1. The molecule has 1 N–H and O–H groups in total. The number of rotatable bonds is 3. The van der Waals surface area contributed by atoms with Gasteiger partial charge in [0, 0.05) is 0 Å². The van der Waals surface area contributed by atoms with Crippen molar-refractivity contribution in [1.29, 1.82) is 0 Å². The summed E-state index contributed by atoms with van der Waals surface area (Å²) in [6.45, 7) is 3.67. The smallest absolute Gasteiger partial charge is 0.343 e. The number of carbonyl (C=O) groups is 1. The molecule has 116 valence electrons. The minimum atomic E-state index is -0.549. The number of esters is 1. The number of benzene rings is 2. The van der Waals surface area contributed by atoms with Gasteiger partial charge in [-0.05, 0) is 36.3 Å². The maximum absolute atomic E-state index is 11.9. The highest BCUT2D eigenvalue weighted by Crippen LogP contribution is 2.28. The summed E-state index contributed by atoms with van der Waals surface area (Å²) in [5.74, 6) is -0.679. The van der Waals surface area contributed by atoms with Crippen LogP contribution >= 0.6 is 0 Å². The summed E-state index contributed by atoms with van der Waals surface area (Å²) in [6.07, 6.45) is 1.79. The van der Waals surface area contributed by atoms with Crippen LogP contribution < -0.4 is 0 Å². The second kappa shape index (κ2) is 6.08. The molecule has 1 heterocycles. The predicted octanol–water partition coefficient (Wildman–Crippen LogP) is 4.03. The third-order valence-electron chi connectivity index (χ3n) is 3.72. The molecular weight excluding hydrogens is 290 g/mol. The van der Waals surface area contributed by atoms with E-state index in [1.165, 1.54) is 0 Å². The van der Waals surface area contributed by atoms with E-state index in [9.17, 15) is 9.90 Å². The van der Waals surface area contributed by atoms with Crippen molar-refractivity contribution in [3.05, 3.63) is 65.1 Å². The summed E-state index contributed by atoms with van der Waals surface area (Å²) in [5, 5.41) is 12.5. The molecule has 0 aliphatic carbocycles. The molecule has 0 bridgehead atoms. The molecule has 2 aromatic rings. The van der Waals surface area contributed by atoms with E-state index in [4.69, 9.17) is 4.74 Å². The SMILES string of the molecule is CCOC(=O)C1=C(O)/C(=C\c2cccc3ccccc23)N=C1C. The second-order valence-corrected chi connectivity index (χ2v) is 5.24. The van der Waals surface area contributed by atoms with Crippen LogP contribution in [0.5, 0.6) is 0 Å². The minimum absolute atomic E-state index is 0.131. The van der Waals surface area contributed by atoms with E-state index < -0.39 is 5.97 Å². The van der Waals surface area contributed by atoms with Gasteiger partial charge < -0.3 is 9.84 Å². The van der Waals surface area contributed by atoms with Crippen LogP contribution in [0, 0.1) is 0 Å². The van der Waals surface area contributed by atoms with E-state index in [0.29, 0.717) is 11.4 Å². The van der Waals surface area contributed by atoms with Crippen molar-refractivity contribution in [3.8, 4) is 0 Å². The highest BCUT2D eigenvalue weighted by Gasteiger charge is 2.27. The predicted molar refractivity (Wildman–Crippen MR) is 91.3 cm³/mol. The van der Waals surface area contributed by atoms with Crippen molar-refractivity contribution < 1.29 is 14.6 Å². The van der Waals surface area contributed by atoms with Crippen molar-refractivity contribution in [3.63, 3.8) is 0 Å². The minimum Gasteiger partial charge on any atom is -0.505 e. The summed E-state index contributed by atoms with van der Waals surface area (Å²) in [6, 6.07) is 13.9. The number of aliphatic imine (C=N–C) groups is 1. The Morgan fingerprint density at radius 1 is 1.22 bits per heavy atom. The van der Waals surface area contributed by atoms with Crippen LogP contribution in [0.4, 0.5) is 0 Å². The highest BCUT2D eigenvalue weighted by molar-refractivity contribution is 6.22. The maximum atomic E-state index is 11.9. The topological polar surface area (TPSA) is 58.9 Å². The molecule has 0 saturated carbocycles. The average molecular weight is 307 g/mol. The summed E-state index contributed by atoms with van der Waals surface area (Å²) in [7, 11) is 0. The first-order chi connectivity index (χ1) is 11.1. The monoisotopic (exact) mass is 307 g/mol. The van der Waals surface area contributed by atoms with Gasteiger partial charge in [-0.3, -0.25) is 0 Å². The zero-order valence-electron chi connectivity index (χ0n) is 13.0. The number of fused-ring (bicyclic) bond motifs is 1. The molecule has 0 atom stereocenters. The lowest BCUT2D eigenvalue weighted by Gasteiger charge is -2.04. The second-order valence-electron chi connectivity index (χ2n) is 5.24. The number of hydrogen-bond donors (Lipinski definition) is 1. The molecule has 0 spiro atoms. The molecule has 0 unspecified atom stereocenters. The summed E-state index contributed by atoms with van der Waals surface area (Å²) in [4.78, 5) is 16.2. The molecule has 0 saturated heterocycles. The van der Waals surface area contributed by atoms with Gasteiger partial charge >= 0.3 is 5.97 Å². The first-order valence-electron chi connectivity index (χ1n) is 7.47. The van der Waals surface area contributed by atoms with Gasteiger partial charge in [-0.25, -0.2) is 9.79 Å². The lowest BCUT2D eigenvalue weighted by molar-refractivity contribution is -0.138. The van der Waals surface area contributed by atoms with Crippen molar-refractivity contribution in [2.75, 3.05) is 6.61 Å². The average Bonchev–Trinajstić information content (AvgIpc) is 2.82. The van der Waals surface area contributed by atoms with Gasteiger partial charge in [0.15, 0.2) is 5.76 Å². The molecule has 4 heteroatoms. The fourth-order valence-electron chi connectivity index (χ4n) is 2.66. The number of nitrogens with zero attached hydrogens (tertiary/aromatic N) is 1. The molecule has 0 radical (unpaired) electrons. The molecule has 2 aromatic carbocycles. The van der Waals surface area contributed by atoms with E-state index in [1.54, 1.807) is 19.9 Å². The van der Waals surface area contributed by atoms with Gasteiger partial charge in [0.2, 0.25) is 0 Å². The largest absolute Gasteiger partial charge is 0.505 e. The Balaban J connectivity index is 2.08. The van der Waals surface area contributed by atoms with Crippen LogP contribution in [0.25, 0.3) is 16.8 Å². The van der Waals surface area contributed by atoms with Crippen LogP contribution in [-0.4, -0.2) is 23.4 Å². The van der Waals surface area contributed by atoms with E-state index in [1.807, 2.05) is 42.5 Å². The third-order valence-corrected chi connectivity index (χ3v) is 3.72. The van der Waals surface area contributed by atoms with Gasteiger partial charge in [-0.1, -0.05) is 42.5 Å². The van der Waals surface area contributed by atoms with Gasteiger partial charge in [-0.2, -0.15) is 0 Å². The fraction of sp³-hybridized carbons (Fsp3) is 0.158. The van der Waals surface area contributed by atoms with E-state index >= 15 is 0 Å². The summed E-state index contributed by atoms with van der Waals surface area (Å²) < 4.78 is 4.97. The molecule has 23 heavy (non-hydrogen) atoms. The fourth-order valence-corrected chi connectivity index (χ4v) is 2.66. The summed E-state index contributed by atoms with van der Waals surface area (Å²) >= 11 is 0. The first-order valence-corrected chi connectivity index (χ1v) is 7.47. The van der Waals surface area contributed by atoms with E-state index in [-0.39, 0.29) is 17.9 Å². The molecule has 3 rings (SSSR count). The lowest BCUT2D eigenvalue weighted by Crippen LogP contribution is -2.13. The number of carbonyl (C=O) groups excluding carboxylic acids is 1. The maximum Gasteiger partial charge on any atom is 0.343 e. The van der Waals surface area contributed by atoms with Gasteiger partial charge in [-0.15, -0.1) is 0 Å².